The van der Waals surface area contributed by atoms with E-state index in [4.69, 9.17) is 0 Å². The molecule has 0 saturated heterocycles. The maximum atomic E-state index is 14.7. The molecular formula is C26H35FN4O4S. The number of para-hydroxylation sites is 1. The molecular weight excluding hydrogens is 483 g/mol. The van der Waals surface area contributed by atoms with Crippen LogP contribution in [-0.2, 0) is 26.3 Å². The van der Waals surface area contributed by atoms with E-state index in [0.717, 1.165) is 45.9 Å². The number of benzene rings is 2. The summed E-state index contributed by atoms with van der Waals surface area (Å²) in [6.45, 7) is 1.28. The third kappa shape index (κ3) is 6.61. The lowest BCUT2D eigenvalue weighted by Gasteiger charge is -2.34. The number of amides is 2. The fourth-order valence-corrected chi connectivity index (χ4v) is 5.49. The first-order valence-corrected chi connectivity index (χ1v) is 13.6. The van der Waals surface area contributed by atoms with Gasteiger partial charge >= 0.3 is 10.2 Å². The van der Waals surface area contributed by atoms with Crippen molar-refractivity contribution in [1.82, 2.24) is 14.5 Å². The Hall–Kier alpha value is -2.98. The van der Waals surface area contributed by atoms with Gasteiger partial charge in [-0.05, 0) is 37.0 Å². The van der Waals surface area contributed by atoms with E-state index < -0.39 is 34.5 Å². The van der Waals surface area contributed by atoms with Gasteiger partial charge in [0.1, 0.15) is 18.4 Å². The van der Waals surface area contributed by atoms with Crippen molar-refractivity contribution in [1.29, 1.82) is 0 Å². The van der Waals surface area contributed by atoms with Gasteiger partial charge in [0, 0.05) is 26.7 Å². The number of carbonyl (C=O) groups is 2. The van der Waals surface area contributed by atoms with Crippen LogP contribution in [0.2, 0.25) is 0 Å². The van der Waals surface area contributed by atoms with E-state index in [1.807, 2.05) is 37.3 Å². The number of halogens is 1. The van der Waals surface area contributed by atoms with Gasteiger partial charge in [-0.3, -0.25) is 9.59 Å². The van der Waals surface area contributed by atoms with Gasteiger partial charge in [0.25, 0.3) is 0 Å². The van der Waals surface area contributed by atoms with Crippen molar-refractivity contribution in [2.45, 2.75) is 57.7 Å². The number of carbonyl (C=O) groups excluding carboxylic acids is 2. The van der Waals surface area contributed by atoms with Crippen LogP contribution in [0.5, 0.6) is 0 Å². The largest absolute Gasteiger partial charge is 0.352 e. The molecule has 1 aliphatic rings. The Morgan fingerprint density at radius 1 is 1.03 bits per heavy atom. The van der Waals surface area contributed by atoms with Crippen molar-refractivity contribution in [3.63, 3.8) is 0 Å². The quantitative estimate of drug-likeness (QED) is 0.494. The fourth-order valence-electron chi connectivity index (χ4n) is 4.42. The minimum atomic E-state index is -4.21. The SMILES string of the molecule is CC[C@@H](C(=O)NC1CCCC1)N(Cc1ccccc1)C(=O)CN(c1ccccc1F)S(=O)(=O)N(C)C. The number of nitrogens with zero attached hydrogens (tertiary/aromatic N) is 3. The van der Waals surface area contributed by atoms with Gasteiger partial charge in [0.15, 0.2) is 0 Å². The molecule has 8 nitrogen and oxygen atoms in total. The lowest BCUT2D eigenvalue weighted by Crippen LogP contribution is -2.54. The molecule has 0 unspecified atom stereocenters. The fraction of sp³-hybridized carbons (Fsp3) is 0.462. The summed E-state index contributed by atoms with van der Waals surface area (Å²) in [5.74, 6) is -1.63. The standard InChI is InChI=1S/C26H35FN4O4S/c1-4-23(26(33)28-21-14-8-9-15-21)30(18-20-12-6-5-7-13-20)25(32)19-31(36(34,35)29(2)3)24-17-11-10-16-22(24)27/h5-7,10-13,16-17,21,23H,4,8-9,14-15,18-19H2,1-3H3,(H,28,33)/t23-/m0/s1. The molecule has 1 atom stereocenters. The molecule has 196 valence electrons. The topological polar surface area (TPSA) is 90.0 Å². The van der Waals surface area contributed by atoms with Crippen molar-refractivity contribution in [3.05, 3.63) is 66.0 Å². The molecule has 1 aliphatic carbocycles. The van der Waals surface area contributed by atoms with Crippen LogP contribution >= 0.6 is 0 Å². The van der Waals surface area contributed by atoms with Gasteiger partial charge in [-0.15, -0.1) is 0 Å². The predicted octanol–water partition coefficient (Wildman–Crippen LogP) is 3.30. The van der Waals surface area contributed by atoms with E-state index in [1.165, 1.54) is 37.2 Å². The summed E-state index contributed by atoms with van der Waals surface area (Å²) < 4.78 is 42.7. The molecule has 3 rings (SSSR count). The molecule has 2 aromatic carbocycles. The molecule has 0 bridgehead atoms. The van der Waals surface area contributed by atoms with E-state index in [0.29, 0.717) is 6.42 Å². The van der Waals surface area contributed by atoms with Crippen LogP contribution in [0.1, 0.15) is 44.6 Å². The summed E-state index contributed by atoms with van der Waals surface area (Å²) in [6.07, 6.45) is 4.24. The zero-order chi connectivity index (χ0) is 26.3. The van der Waals surface area contributed by atoms with Crippen molar-refractivity contribution in [2.75, 3.05) is 24.9 Å². The first kappa shape index (κ1) is 27.6. The van der Waals surface area contributed by atoms with E-state index in [1.54, 1.807) is 0 Å². The Balaban J connectivity index is 1.96. The molecule has 0 aromatic heterocycles. The Bertz CT molecular complexity index is 1140. The molecule has 0 spiro atoms. The summed E-state index contributed by atoms with van der Waals surface area (Å²) in [5, 5.41) is 3.06. The highest BCUT2D eigenvalue weighted by molar-refractivity contribution is 7.90. The smallest absolute Gasteiger partial charge is 0.304 e. The second-order valence-electron chi connectivity index (χ2n) is 9.17. The normalized spacial score (nSPS) is 15.0. The van der Waals surface area contributed by atoms with Crippen molar-refractivity contribution >= 4 is 27.7 Å². The van der Waals surface area contributed by atoms with Gasteiger partial charge < -0.3 is 10.2 Å². The molecule has 2 amide bonds. The van der Waals surface area contributed by atoms with Gasteiger partial charge in [-0.2, -0.15) is 12.7 Å². The maximum Gasteiger partial charge on any atom is 0.304 e. The number of nitrogens with one attached hydrogen (secondary N) is 1. The van der Waals surface area contributed by atoms with Crippen molar-refractivity contribution < 1.29 is 22.4 Å². The summed E-state index contributed by atoms with van der Waals surface area (Å²) in [5.41, 5.74) is 0.563. The Kier molecular flexibility index (Phi) is 9.44. The highest BCUT2D eigenvalue weighted by atomic mass is 32.2. The van der Waals surface area contributed by atoms with Crippen LogP contribution in [0.3, 0.4) is 0 Å². The molecule has 1 N–H and O–H groups in total. The third-order valence-electron chi connectivity index (χ3n) is 6.42. The van der Waals surface area contributed by atoms with Gasteiger partial charge in [0.2, 0.25) is 11.8 Å². The van der Waals surface area contributed by atoms with Crippen LogP contribution in [0, 0.1) is 5.82 Å². The highest BCUT2D eigenvalue weighted by Crippen LogP contribution is 2.24. The molecule has 36 heavy (non-hydrogen) atoms. The molecule has 1 fully saturated rings. The number of anilines is 1. The van der Waals surface area contributed by atoms with Gasteiger partial charge in [0.05, 0.1) is 5.69 Å². The van der Waals surface area contributed by atoms with Crippen LogP contribution < -0.4 is 9.62 Å². The number of hydrogen-bond donors (Lipinski definition) is 1. The molecule has 0 heterocycles. The number of hydrogen-bond acceptors (Lipinski definition) is 4. The third-order valence-corrected chi connectivity index (χ3v) is 8.23. The first-order valence-electron chi connectivity index (χ1n) is 12.2. The maximum absolute atomic E-state index is 14.7. The van der Waals surface area contributed by atoms with Crippen LogP contribution in [0.15, 0.2) is 54.6 Å². The lowest BCUT2D eigenvalue weighted by molar-refractivity contribution is -0.140. The summed E-state index contributed by atoms with van der Waals surface area (Å²) in [6, 6.07) is 13.9. The average molecular weight is 519 g/mol. The molecule has 0 aliphatic heterocycles. The number of rotatable bonds is 11. The Labute approximate surface area is 213 Å². The molecule has 10 heteroatoms. The van der Waals surface area contributed by atoms with Crippen LogP contribution in [0.25, 0.3) is 0 Å². The van der Waals surface area contributed by atoms with Crippen LogP contribution in [-0.4, -0.2) is 62.2 Å². The van der Waals surface area contributed by atoms with E-state index >= 15 is 0 Å². The van der Waals surface area contributed by atoms with Crippen molar-refractivity contribution in [2.24, 2.45) is 0 Å². The van der Waals surface area contributed by atoms with Crippen LogP contribution in [0.4, 0.5) is 10.1 Å². The minimum Gasteiger partial charge on any atom is -0.352 e. The van der Waals surface area contributed by atoms with E-state index in [9.17, 15) is 22.4 Å². The second-order valence-corrected chi connectivity index (χ2v) is 11.2. The molecule has 0 radical (unpaired) electrons. The Morgan fingerprint density at radius 2 is 1.64 bits per heavy atom. The van der Waals surface area contributed by atoms with Gasteiger partial charge in [-0.1, -0.05) is 62.2 Å². The predicted molar refractivity (Wildman–Crippen MR) is 138 cm³/mol. The Morgan fingerprint density at radius 3 is 2.22 bits per heavy atom. The molecule has 2 aromatic rings. The zero-order valence-corrected chi connectivity index (χ0v) is 21.9. The van der Waals surface area contributed by atoms with Crippen molar-refractivity contribution in [3.8, 4) is 0 Å². The van der Waals surface area contributed by atoms with E-state index in [2.05, 4.69) is 5.32 Å². The first-order chi connectivity index (χ1) is 17.1. The average Bonchev–Trinajstić information content (AvgIpc) is 3.36. The monoisotopic (exact) mass is 518 g/mol. The summed E-state index contributed by atoms with van der Waals surface area (Å²) >= 11 is 0. The second kappa shape index (κ2) is 12.3. The lowest BCUT2D eigenvalue weighted by atomic mass is 10.1. The summed E-state index contributed by atoms with van der Waals surface area (Å²) in [4.78, 5) is 28.4. The highest BCUT2D eigenvalue weighted by Gasteiger charge is 2.35. The van der Waals surface area contributed by atoms with E-state index in [-0.39, 0.29) is 24.2 Å². The zero-order valence-electron chi connectivity index (χ0n) is 21.1. The van der Waals surface area contributed by atoms with Gasteiger partial charge in [-0.25, -0.2) is 8.70 Å². The summed E-state index contributed by atoms with van der Waals surface area (Å²) in [7, 11) is -1.57. The minimum absolute atomic E-state index is 0.0734. The molecule has 1 saturated carbocycles.